The quantitative estimate of drug-likeness (QED) is 0.361. The Bertz CT molecular complexity index is 165. The lowest BCUT2D eigenvalue weighted by Crippen LogP contribution is -2.19. The lowest BCUT2D eigenvalue weighted by Gasteiger charge is -2.12. The summed E-state index contributed by atoms with van der Waals surface area (Å²) in [5.74, 6) is 0.290. The SMILES string of the molecule is C=C1[C@@H](NCl)C[C@H]([SiH3])[C@H]1CO. The number of aliphatic hydroxyl groups is 1. The van der Waals surface area contributed by atoms with Gasteiger partial charge in [-0.25, -0.2) is 4.84 Å². The standard InChI is InChI=1S/C7H14ClNOSi/c1-4-5(3-10)7(11)2-6(4)9-8/h5-7,9-10H,1-3H2,11H3/t5-,6-,7-/m0/s1. The maximum absolute atomic E-state index is 9.01. The maximum atomic E-state index is 9.01. The van der Waals surface area contributed by atoms with Crippen LogP contribution < -0.4 is 4.84 Å². The summed E-state index contributed by atoms with van der Waals surface area (Å²) < 4.78 is 0. The van der Waals surface area contributed by atoms with Gasteiger partial charge in [0.1, 0.15) is 0 Å². The third-order valence-electron chi connectivity index (χ3n) is 2.55. The van der Waals surface area contributed by atoms with Gasteiger partial charge in [-0.15, -0.1) is 0 Å². The van der Waals surface area contributed by atoms with Gasteiger partial charge in [0.25, 0.3) is 0 Å². The summed E-state index contributed by atoms with van der Waals surface area (Å²) in [5, 5.41) is 9.01. The molecule has 0 unspecified atom stereocenters. The number of rotatable bonds is 2. The molecule has 0 amide bonds. The van der Waals surface area contributed by atoms with Crippen LogP contribution in [0, 0.1) is 5.92 Å². The van der Waals surface area contributed by atoms with Crippen LogP contribution in [0.15, 0.2) is 12.2 Å². The second-order valence-corrected chi connectivity index (χ2v) is 4.94. The van der Waals surface area contributed by atoms with E-state index in [2.05, 4.69) is 11.4 Å². The molecule has 2 nitrogen and oxygen atoms in total. The summed E-state index contributed by atoms with van der Waals surface area (Å²) in [6, 6.07) is 0.219. The van der Waals surface area contributed by atoms with Gasteiger partial charge in [-0.3, -0.25) is 0 Å². The van der Waals surface area contributed by atoms with Crippen LogP contribution in [0.25, 0.3) is 0 Å². The molecule has 4 heteroatoms. The van der Waals surface area contributed by atoms with Crippen molar-refractivity contribution in [3.05, 3.63) is 12.2 Å². The highest BCUT2D eigenvalue weighted by molar-refractivity contribution is 6.14. The summed E-state index contributed by atoms with van der Waals surface area (Å²) >= 11 is 5.51. The highest BCUT2D eigenvalue weighted by Gasteiger charge is 2.33. The summed E-state index contributed by atoms with van der Waals surface area (Å²) in [4.78, 5) is 2.69. The lowest BCUT2D eigenvalue weighted by molar-refractivity contribution is 0.249. The molecule has 0 spiro atoms. The van der Waals surface area contributed by atoms with E-state index in [0.29, 0.717) is 5.54 Å². The molecule has 11 heavy (non-hydrogen) atoms. The third-order valence-corrected chi connectivity index (χ3v) is 4.09. The van der Waals surface area contributed by atoms with Crippen molar-refractivity contribution in [3.63, 3.8) is 0 Å². The minimum Gasteiger partial charge on any atom is -0.396 e. The second-order valence-electron chi connectivity index (χ2n) is 3.24. The Hall–Kier alpha value is 0.167. The predicted molar refractivity (Wildman–Crippen MR) is 50.8 cm³/mol. The van der Waals surface area contributed by atoms with Crippen LogP contribution in [0.5, 0.6) is 0 Å². The average Bonchev–Trinajstić information content (AvgIpc) is 2.26. The molecule has 1 aliphatic rings. The summed E-state index contributed by atoms with van der Waals surface area (Å²) in [7, 11) is 1.11. The molecule has 1 aliphatic carbocycles. The van der Waals surface area contributed by atoms with Crippen LogP contribution in [0.1, 0.15) is 6.42 Å². The van der Waals surface area contributed by atoms with E-state index in [0.717, 1.165) is 22.2 Å². The van der Waals surface area contributed by atoms with Gasteiger partial charge in [-0.05, 0) is 23.7 Å². The minimum absolute atomic E-state index is 0.219. The highest BCUT2D eigenvalue weighted by atomic mass is 35.5. The van der Waals surface area contributed by atoms with Gasteiger partial charge in [0, 0.05) is 28.8 Å². The first-order valence-corrected chi connectivity index (χ1v) is 5.39. The molecule has 0 bridgehead atoms. The summed E-state index contributed by atoms with van der Waals surface area (Å²) in [6.45, 7) is 4.15. The zero-order chi connectivity index (χ0) is 8.43. The molecule has 0 saturated heterocycles. The zero-order valence-electron chi connectivity index (χ0n) is 6.68. The number of nitrogens with one attached hydrogen (secondary N) is 1. The van der Waals surface area contributed by atoms with E-state index in [1.54, 1.807) is 0 Å². The van der Waals surface area contributed by atoms with Gasteiger partial charge in [-0.1, -0.05) is 12.2 Å². The monoisotopic (exact) mass is 191 g/mol. The Kier molecular flexibility index (Phi) is 3.13. The van der Waals surface area contributed by atoms with E-state index >= 15 is 0 Å². The van der Waals surface area contributed by atoms with Crippen LogP contribution in [0.4, 0.5) is 0 Å². The van der Waals surface area contributed by atoms with Crippen molar-refractivity contribution in [1.29, 1.82) is 0 Å². The van der Waals surface area contributed by atoms with Gasteiger partial charge >= 0.3 is 0 Å². The fourth-order valence-electron chi connectivity index (χ4n) is 1.72. The Morgan fingerprint density at radius 2 is 2.45 bits per heavy atom. The Morgan fingerprint density at radius 1 is 1.82 bits per heavy atom. The first kappa shape index (κ1) is 9.26. The Morgan fingerprint density at radius 3 is 2.73 bits per heavy atom. The molecule has 3 atom stereocenters. The maximum Gasteiger partial charge on any atom is 0.0496 e. The molecule has 1 saturated carbocycles. The van der Waals surface area contributed by atoms with Crippen LogP contribution in [-0.4, -0.2) is 28.0 Å². The fourth-order valence-corrected chi connectivity index (χ4v) is 3.06. The molecule has 0 aromatic heterocycles. The van der Waals surface area contributed by atoms with Crippen molar-refractivity contribution >= 4 is 22.0 Å². The van der Waals surface area contributed by atoms with E-state index < -0.39 is 0 Å². The van der Waals surface area contributed by atoms with Gasteiger partial charge in [0.05, 0.1) is 0 Å². The van der Waals surface area contributed by atoms with Crippen LogP contribution in [0.2, 0.25) is 5.54 Å². The van der Waals surface area contributed by atoms with Gasteiger partial charge in [0.2, 0.25) is 0 Å². The second kappa shape index (κ2) is 3.71. The molecule has 0 aliphatic heterocycles. The number of aliphatic hydroxyl groups excluding tert-OH is 1. The van der Waals surface area contributed by atoms with Crippen molar-refractivity contribution in [2.45, 2.75) is 18.0 Å². The predicted octanol–water partition coefficient (Wildman–Crippen LogP) is -0.179. The molecule has 0 heterocycles. The van der Waals surface area contributed by atoms with Crippen molar-refractivity contribution in [2.24, 2.45) is 5.92 Å². The van der Waals surface area contributed by atoms with Gasteiger partial charge in [-0.2, -0.15) is 0 Å². The number of hydrogen-bond acceptors (Lipinski definition) is 2. The molecule has 1 fully saturated rings. The Balaban J connectivity index is 2.63. The molecule has 0 aromatic rings. The smallest absolute Gasteiger partial charge is 0.0496 e. The first-order valence-electron chi connectivity index (χ1n) is 3.86. The van der Waals surface area contributed by atoms with Crippen molar-refractivity contribution < 1.29 is 5.11 Å². The van der Waals surface area contributed by atoms with Crippen molar-refractivity contribution in [3.8, 4) is 0 Å². The van der Waals surface area contributed by atoms with Gasteiger partial charge < -0.3 is 5.11 Å². The minimum atomic E-state index is 0.219. The van der Waals surface area contributed by atoms with E-state index in [1.807, 2.05) is 0 Å². The number of halogens is 1. The van der Waals surface area contributed by atoms with Crippen LogP contribution in [0.3, 0.4) is 0 Å². The topological polar surface area (TPSA) is 32.3 Å². The lowest BCUT2D eigenvalue weighted by atomic mass is 10.0. The molecule has 0 radical (unpaired) electrons. The van der Waals surface area contributed by atoms with Gasteiger partial charge in [0.15, 0.2) is 0 Å². The van der Waals surface area contributed by atoms with E-state index in [-0.39, 0.29) is 18.6 Å². The molecule has 0 aromatic carbocycles. The normalized spacial score (nSPS) is 38.4. The zero-order valence-corrected chi connectivity index (χ0v) is 9.43. The van der Waals surface area contributed by atoms with Crippen LogP contribution in [-0.2, 0) is 0 Å². The molecule has 2 N–H and O–H groups in total. The van der Waals surface area contributed by atoms with E-state index in [4.69, 9.17) is 16.9 Å². The summed E-state index contributed by atoms with van der Waals surface area (Å²) in [5.41, 5.74) is 1.70. The van der Waals surface area contributed by atoms with Crippen LogP contribution >= 0.6 is 11.8 Å². The first-order chi connectivity index (χ1) is 5.20. The van der Waals surface area contributed by atoms with E-state index in [9.17, 15) is 0 Å². The Labute approximate surface area is 75.2 Å². The molecule has 1 rings (SSSR count). The largest absolute Gasteiger partial charge is 0.396 e. The van der Waals surface area contributed by atoms with Crippen molar-refractivity contribution in [2.75, 3.05) is 6.61 Å². The molecular formula is C7H14ClNOSi. The number of hydrogen-bond donors (Lipinski definition) is 2. The molecular weight excluding hydrogens is 178 g/mol. The third kappa shape index (κ3) is 1.67. The summed E-state index contributed by atoms with van der Waals surface area (Å²) in [6.07, 6.45) is 1.04. The van der Waals surface area contributed by atoms with E-state index in [1.165, 1.54) is 0 Å². The highest BCUT2D eigenvalue weighted by Crippen LogP contribution is 2.37. The van der Waals surface area contributed by atoms with Crippen molar-refractivity contribution in [1.82, 2.24) is 4.84 Å². The average molecular weight is 192 g/mol. The fraction of sp³-hybridized carbons (Fsp3) is 0.714. The molecule has 64 valence electrons.